The van der Waals surface area contributed by atoms with Crippen LogP contribution in [-0.4, -0.2) is 17.1 Å². The summed E-state index contributed by atoms with van der Waals surface area (Å²) in [7, 11) is 0. The second-order valence-corrected chi connectivity index (χ2v) is 4.22. The van der Waals surface area contributed by atoms with Crippen LogP contribution in [0.15, 0.2) is 18.2 Å². The van der Waals surface area contributed by atoms with Crippen molar-refractivity contribution in [1.29, 1.82) is 0 Å². The minimum atomic E-state index is -0.670. The van der Waals surface area contributed by atoms with E-state index in [2.05, 4.69) is 0 Å². The standard InChI is InChI=1S/C11H13FN2O3/c12-7-3-9(14(15)16)6-11(4-7)17-10-2-1-8(13)5-10/h3-4,6,8,10H,1-2,5,13H2. The average Bonchev–Trinajstić information content (AvgIpc) is 2.63. The lowest BCUT2D eigenvalue weighted by Crippen LogP contribution is -2.19. The van der Waals surface area contributed by atoms with Crippen LogP contribution in [-0.2, 0) is 0 Å². The average molecular weight is 240 g/mol. The molecule has 2 atom stereocenters. The van der Waals surface area contributed by atoms with Crippen molar-refractivity contribution in [3.63, 3.8) is 0 Å². The van der Waals surface area contributed by atoms with Crippen LogP contribution >= 0.6 is 0 Å². The highest BCUT2D eigenvalue weighted by molar-refractivity contribution is 5.39. The van der Waals surface area contributed by atoms with Gasteiger partial charge in [-0.25, -0.2) is 4.39 Å². The van der Waals surface area contributed by atoms with Crippen LogP contribution in [0.1, 0.15) is 19.3 Å². The van der Waals surface area contributed by atoms with E-state index in [-0.39, 0.29) is 23.6 Å². The van der Waals surface area contributed by atoms with Gasteiger partial charge in [0.2, 0.25) is 0 Å². The molecule has 92 valence electrons. The first-order valence-electron chi connectivity index (χ1n) is 5.42. The number of hydrogen-bond acceptors (Lipinski definition) is 4. The minimum Gasteiger partial charge on any atom is -0.490 e. The Labute approximate surface area is 97.5 Å². The summed E-state index contributed by atoms with van der Waals surface area (Å²) in [5.41, 5.74) is 5.42. The number of nitrogens with zero attached hydrogens (tertiary/aromatic N) is 1. The SMILES string of the molecule is NC1CCC(Oc2cc(F)cc([N+](=O)[O-])c2)C1. The lowest BCUT2D eigenvalue weighted by atomic mass is 10.2. The number of nitro benzene ring substituents is 1. The first kappa shape index (κ1) is 11.8. The summed E-state index contributed by atoms with van der Waals surface area (Å²) in [6.07, 6.45) is 2.28. The number of nitro groups is 1. The van der Waals surface area contributed by atoms with E-state index < -0.39 is 10.7 Å². The zero-order valence-electron chi connectivity index (χ0n) is 9.14. The fourth-order valence-electron chi connectivity index (χ4n) is 1.99. The van der Waals surface area contributed by atoms with Crippen LogP contribution in [0.2, 0.25) is 0 Å². The Balaban J connectivity index is 2.12. The van der Waals surface area contributed by atoms with Crippen molar-refractivity contribution in [2.24, 2.45) is 5.73 Å². The van der Waals surface area contributed by atoms with E-state index in [1.165, 1.54) is 6.07 Å². The topological polar surface area (TPSA) is 78.4 Å². The van der Waals surface area contributed by atoms with Gasteiger partial charge in [0.15, 0.2) is 0 Å². The normalized spacial score (nSPS) is 23.6. The van der Waals surface area contributed by atoms with Gasteiger partial charge in [-0.2, -0.15) is 0 Å². The van der Waals surface area contributed by atoms with Gasteiger partial charge in [-0.1, -0.05) is 0 Å². The summed E-state index contributed by atoms with van der Waals surface area (Å²) in [6, 6.07) is 3.35. The van der Waals surface area contributed by atoms with Crippen LogP contribution < -0.4 is 10.5 Å². The summed E-state index contributed by atoms with van der Waals surface area (Å²) in [5, 5.41) is 10.6. The van der Waals surface area contributed by atoms with E-state index in [4.69, 9.17) is 10.5 Å². The second-order valence-electron chi connectivity index (χ2n) is 4.22. The zero-order valence-corrected chi connectivity index (χ0v) is 9.14. The van der Waals surface area contributed by atoms with E-state index in [0.717, 1.165) is 25.0 Å². The fraction of sp³-hybridized carbons (Fsp3) is 0.455. The second kappa shape index (κ2) is 4.67. The Kier molecular flexibility index (Phi) is 3.23. The summed E-state index contributed by atoms with van der Waals surface area (Å²) >= 11 is 0. The maximum Gasteiger partial charge on any atom is 0.276 e. The van der Waals surface area contributed by atoms with Gasteiger partial charge in [0, 0.05) is 12.1 Å². The van der Waals surface area contributed by atoms with E-state index in [9.17, 15) is 14.5 Å². The number of hydrogen-bond donors (Lipinski definition) is 1. The molecule has 2 N–H and O–H groups in total. The van der Waals surface area contributed by atoms with Crippen molar-refractivity contribution in [2.75, 3.05) is 0 Å². The van der Waals surface area contributed by atoms with Crippen LogP contribution in [0.3, 0.4) is 0 Å². The quantitative estimate of drug-likeness (QED) is 0.647. The molecule has 1 aliphatic rings. The summed E-state index contributed by atoms with van der Waals surface area (Å²) in [6.45, 7) is 0. The lowest BCUT2D eigenvalue weighted by Gasteiger charge is -2.13. The number of halogens is 1. The molecule has 1 fully saturated rings. The van der Waals surface area contributed by atoms with E-state index in [1.807, 2.05) is 0 Å². The number of ether oxygens (including phenoxy) is 1. The van der Waals surface area contributed by atoms with Crippen molar-refractivity contribution in [1.82, 2.24) is 0 Å². The Morgan fingerprint density at radius 2 is 2.18 bits per heavy atom. The van der Waals surface area contributed by atoms with Crippen LogP contribution in [0, 0.1) is 15.9 Å². The van der Waals surface area contributed by atoms with Crippen molar-refractivity contribution in [3.8, 4) is 5.75 Å². The molecule has 5 nitrogen and oxygen atoms in total. The lowest BCUT2D eigenvalue weighted by molar-refractivity contribution is -0.385. The Morgan fingerprint density at radius 3 is 2.76 bits per heavy atom. The molecule has 1 saturated carbocycles. The molecule has 0 saturated heterocycles. The number of non-ortho nitro benzene ring substituents is 1. The highest BCUT2D eigenvalue weighted by Crippen LogP contribution is 2.27. The summed E-state index contributed by atoms with van der Waals surface area (Å²) in [5.74, 6) is -0.479. The van der Waals surface area contributed by atoms with Crippen molar-refractivity contribution in [3.05, 3.63) is 34.1 Å². The predicted octanol–water partition coefficient (Wildman–Crippen LogP) is 1.99. The maximum absolute atomic E-state index is 13.1. The van der Waals surface area contributed by atoms with E-state index in [1.54, 1.807) is 0 Å². The molecule has 17 heavy (non-hydrogen) atoms. The predicted molar refractivity (Wildman–Crippen MR) is 59.3 cm³/mol. The van der Waals surface area contributed by atoms with Gasteiger partial charge >= 0.3 is 0 Å². The Hall–Kier alpha value is -1.69. The van der Waals surface area contributed by atoms with Crippen molar-refractivity contribution >= 4 is 5.69 Å². The maximum atomic E-state index is 13.1. The molecule has 0 aromatic heterocycles. The molecule has 0 spiro atoms. The Bertz CT molecular complexity index is 439. The molecule has 0 aliphatic heterocycles. The first-order chi connectivity index (χ1) is 8.04. The molecular formula is C11H13FN2O3. The largest absolute Gasteiger partial charge is 0.490 e. The van der Waals surface area contributed by atoms with Gasteiger partial charge in [-0.15, -0.1) is 0 Å². The molecule has 6 heteroatoms. The monoisotopic (exact) mass is 240 g/mol. The smallest absolute Gasteiger partial charge is 0.276 e. The number of rotatable bonds is 3. The summed E-state index contributed by atoms with van der Waals surface area (Å²) < 4.78 is 18.6. The van der Waals surface area contributed by atoms with Crippen molar-refractivity contribution in [2.45, 2.75) is 31.4 Å². The third-order valence-corrected chi connectivity index (χ3v) is 2.79. The van der Waals surface area contributed by atoms with Crippen molar-refractivity contribution < 1.29 is 14.1 Å². The molecule has 0 bridgehead atoms. The summed E-state index contributed by atoms with van der Waals surface area (Å²) in [4.78, 5) is 9.92. The van der Waals surface area contributed by atoms with Crippen LogP contribution in [0.5, 0.6) is 5.75 Å². The Morgan fingerprint density at radius 1 is 1.41 bits per heavy atom. The molecule has 1 aliphatic carbocycles. The van der Waals surface area contributed by atoms with Gasteiger partial charge in [0.25, 0.3) is 5.69 Å². The number of nitrogens with two attached hydrogens (primary N) is 1. The number of benzene rings is 1. The minimum absolute atomic E-state index is 0.0774. The van der Waals surface area contributed by atoms with Gasteiger partial charge in [0.1, 0.15) is 17.7 Å². The first-order valence-corrected chi connectivity index (χ1v) is 5.42. The molecule has 0 heterocycles. The van der Waals surface area contributed by atoms with Gasteiger partial charge in [0.05, 0.1) is 17.1 Å². The fourth-order valence-corrected chi connectivity index (χ4v) is 1.99. The molecule has 1 aromatic rings. The molecule has 0 amide bonds. The van der Waals surface area contributed by atoms with Crippen LogP contribution in [0.4, 0.5) is 10.1 Å². The highest BCUT2D eigenvalue weighted by atomic mass is 19.1. The highest BCUT2D eigenvalue weighted by Gasteiger charge is 2.24. The molecule has 1 aromatic carbocycles. The molecule has 0 radical (unpaired) electrons. The third kappa shape index (κ3) is 2.91. The van der Waals surface area contributed by atoms with Crippen LogP contribution in [0.25, 0.3) is 0 Å². The molecular weight excluding hydrogens is 227 g/mol. The third-order valence-electron chi connectivity index (χ3n) is 2.79. The van der Waals surface area contributed by atoms with Gasteiger partial charge < -0.3 is 10.5 Å². The molecule has 2 rings (SSSR count). The van der Waals surface area contributed by atoms with E-state index in [0.29, 0.717) is 6.42 Å². The zero-order chi connectivity index (χ0) is 12.4. The van der Waals surface area contributed by atoms with E-state index >= 15 is 0 Å². The molecule has 2 unspecified atom stereocenters. The van der Waals surface area contributed by atoms with Gasteiger partial charge in [-0.3, -0.25) is 10.1 Å². The van der Waals surface area contributed by atoms with Gasteiger partial charge in [-0.05, 0) is 19.3 Å².